The van der Waals surface area contributed by atoms with Crippen molar-refractivity contribution in [2.24, 2.45) is 0 Å². The summed E-state index contributed by atoms with van der Waals surface area (Å²) in [6.45, 7) is 8.63. The second-order valence-corrected chi connectivity index (χ2v) is 16.0. The number of rotatable bonds is 6. The first-order valence-electron chi connectivity index (χ1n) is 20.9. The molecule has 0 N–H and O–H groups in total. The summed E-state index contributed by atoms with van der Waals surface area (Å²) in [6.07, 6.45) is 6.52. The molecule has 0 radical (unpaired) electrons. The molecule has 282 valence electrons. The summed E-state index contributed by atoms with van der Waals surface area (Å²) in [5.74, 6) is 0. The fraction of sp³-hybridized carbons (Fsp3) is 0.0333. The molecule has 0 bridgehead atoms. The van der Waals surface area contributed by atoms with Gasteiger partial charge in [-0.1, -0.05) is 195 Å². The zero-order chi connectivity index (χ0) is 40.2. The van der Waals surface area contributed by atoms with Gasteiger partial charge in [0.05, 0.1) is 0 Å². The molecular weight excluding hydrogens is 721 g/mol. The second-order valence-electron chi connectivity index (χ2n) is 16.0. The predicted octanol–water partition coefficient (Wildman–Crippen LogP) is 14.5. The maximum atomic E-state index is 4.36. The Bertz CT molecular complexity index is 3520. The van der Waals surface area contributed by atoms with Crippen LogP contribution < -0.4 is 10.4 Å². The van der Waals surface area contributed by atoms with Crippen molar-refractivity contribution in [2.45, 2.75) is 12.8 Å². The van der Waals surface area contributed by atoms with Crippen LogP contribution in [0.2, 0.25) is 0 Å². The van der Waals surface area contributed by atoms with Crippen LogP contribution in [0.25, 0.3) is 94.2 Å². The van der Waals surface area contributed by atoms with Crippen molar-refractivity contribution in [3.63, 3.8) is 0 Å². The molecule has 0 atom stereocenters. The van der Waals surface area contributed by atoms with Gasteiger partial charge in [0, 0.05) is 0 Å². The standard InChI is InChI=1S/C60H42/c1-3-47(48-25-7-4-17-39(48)2)41-21-14-23-45(35-41)59-54-30-12-13-31-55(54)60(46-24-15-22-42(36-46)50-32-16-20-40-18-5-8-26-49(40)50)58-38-44(33-34-56(58)59)57-37-43-19-6-9-27-51(43)52-28-10-11-29-53(52)57/h3-15,17-19,21-38H,1-2,16,20H2/b48-47+. The van der Waals surface area contributed by atoms with Gasteiger partial charge in [-0.15, -0.1) is 0 Å². The number of hydrogen-bond acceptors (Lipinski definition) is 0. The zero-order valence-electron chi connectivity index (χ0n) is 33.5. The van der Waals surface area contributed by atoms with E-state index >= 15 is 0 Å². The van der Waals surface area contributed by atoms with Gasteiger partial charge < -0.3 is 0 Å². The van der Waals surface area contributed by atoms with E-state index in [4.69, 9.17) is 0 Å². The van der Waals surface area contributed by atoms with Crippen LogP contribution >= 0.6 is 0 Å². The quantitative estimate of drug-likeness (QED) is 0.117. The molecule has 0 amide bonds. The largest absolute Gasteiger partial charge is 0.0984 e. The van der Waals surface area contributed by atoms with Crippen molar-refractivity contribution in [2.75, 3.05) is 0 Å². The molecule has 10 aromatic rings. The molecule has 60 heavy (non-hydrogen) atoms. The maximum absolute atomic E-state index is 4.36. The van der Waals surface area contributed by atoms with Gasteiger partial charge in [0.2, 0.25) is 0 Å². The van der Waals surface area contributed by atoms with Gasteiger partial charge in [-0.3, -0.25) is 0 Å². The molecule has 11 rings (SSSR count). The van der Waals surface area contributed by atoms with E-state index in [2.05, 4.69) is 207 Å². The van der Waals surface area contributed by atoms with Gasteiger partial charge in [-0.2, -0.15) is 0 Å². The smallest absolute Gasteiger partial charge is 0.00259 e. The molecule has 0 aromatic heterocycles. The molecule has 1 aliphatic carbocycles. The van der Waals surface area contributed by atoms with E-state index in [1.165, 1.54) is 98.7 Å². The van der Waals surface area contributed by atoms with Gasteiger partial charge in [0.25, 0.3) is 0 Å². The topological polar surface area (TPSA) is 0 Å². The number of fused-ring (bicyclic) bond motifs is 6. The van der Waals surface area contributed by atoms with Gasteiger partial charge in [-0.25, -0.2) is 0 Å². The molecule has 0 saturated carbocycles. The van der Waals surface area contributed by atoms with Crippen LogP contribution in [0.5, 0.6) is 0 Å². The molecule has 0 nitrogen and oxygen atoms in total. The zero-order valence-corrected chi connectivity index (χ0v) is 33.5. The molecule has 0 fully saturated rings. The number of allylic oxidation sites excluding steroid dienone is 2. The van der Waals surface area contributed by atoms with Crippen LogP contribution in [0.1, 0.15) is 28.7 Å². The second kappa shape index (κ2) is 14.7. The van der Waals surface area contributed by atoms with Gasteiger partial charge in [-0.05, 0) is 157 Å². The van der Waals surface area contributed by atoms with Crippen molar-refractivity contribution in [3.8, 4) is 33.4 Å². The molecule has 0 heterocycles. The lowest BCUT2D eigenvalue weighted by atomic mass is 9.82. The Labute approximate surface area is 351 Å². The average Bonchev–Trinajstić information content (AvgIpc) is 3.31. The van der Waals surface area contributed by atoms with Crippen LogP contribution in [0.15, 0.2) is 213 Å². The highest BCUT2D eigenvalue weighted by Gasteiger charge is 2.21. The highest BCUT2D eigenvalue weighted by atomic mass is 14.2. The first-order chi connectivity index (χ1) is 29.6. The summed E-state index contributed by atoms with van der Waals surface area (Å²) in [6, 6.07) is 71.6. The summed E-state index contributed by atoms with van der Waals surface area (Å²) in [5, 5.41) is 12.0. The number of hydrogen-bond donors (Lipinski definition) is 0. The van der Waals surface area contributed by atoms with E-state index < -0.39 is 0 Å². The normalized spacial score (nSPS) is 13.0. The Morgan fingerprint density at radius 2 is 1.07 bits per heavy atom. The van der Waals surface area contributed by atoms with Gasteiger partial charge >= 0.3 is 0 Å². The molecule has 10 aromatic carbocycles. The summed E-state index contributed by atoms with van der Waals surface area (Å²) in [7, 11) is 0. The Hall–Kier alpha value is -7.54. The molecule has 0 unspecified atom stereocenters. The molecule has 0 heteroatoms. The number of benzene rings is 10. The monoisotopic (exact) mass is 762 g/mol. The third-order valence-electron chi connectivity index (χ3n) is 12.6. The van der Waals surface area contributed by atoms with Crippen LogP contribution in [0, 0.1) is 0 Å². The SMILES string of the molecule is C=C/C(c1cccc(-c2c3ccccc3c(-c3cccc(C4=CCCc5ccccc54)c3)c3cc(-c4cc5ccccc5c5ccccc45)ccc23)c1)=c1/ccccc1=C. The fourth-order valence-electron chi connectivity index (χ4n) is 9.87. The van der Waals surface area contributed by atoms with E-state index in [-0.39, 0.29) is 0 Å². The average molecular weight is 763 g/mol. The van der Waals surface area contributed by atoms with Crippen LogP contribution in [-0.2, 0) is 6.42 Å². The minimum Gasteiger partial charge on any atom is -0.0984 e. The highest BCUT2D eigenvalue weighted by molar-refractivity contribution is 6.23. The van der Waals surface area contributed by atoms with Gasteiger partial charge in [0.1, 0.15) is 0 Å². The lowest BCUT2D eigenvalue weighted by molar-refractivity contribution is 0.978. The Morgan fingerprint density at radius 3 is 1.88 bits per heavy atom. The molecule has 0 saturated heterocycles. The predicted molar refractivity (Wildman–Crippen MR) is 259 cm³/mol. The Kier molecular flexibility index (Phi) is 8.72. The van der Waals surface area contributed by atoms with E-state index in [1.807, 2.05) is 12.1 Å². The minimum atomic E-state index is 0.988. The van der Waals surface area contributed by atoms with E-state index in [0.29, 0.717) is 0 Å². The summed E-state index contributed by atoms with van der Waals surface area (Å²) in [5.41, 5.74) is 14.8. The first kappa shape index (κ1) is 35.6. The summed E-state index contributed by atoms with van der Waals surface area (Å²) in [4.78, 5) is 0. The molecule has 0 spiro atoms. The van der Waals surface area contributed by atoms with Gasteiger partial charge in [0.15, 0.2) is 0 Å². The van der Waals surface area contributed by atoms with E-state index in [1.54, 1.807) is 0 Å². The lowest BCUT2D eigenvalue weighted by Gasteiger charge is -2.21. The van der Waals surface area contributed by atoms with Crippen LogP contribution in [-0.4, -0.2) is 0 Å². The summed E-state index contributed by atoms with van der Waals surface area (Å²) >= 11 is 0. The van der Waals surface area contributed by atoms with Crippen molar-refractivity contribution < 1.29 is 0 Å². The fourth-order valence-corrected chi connectivity index (χ4v) is 9.87. The van der Waals surface area contributed by atoms with Crippen molar-refractivity contribution in [1.29, 1.82) is 0 Å². The molecular formula is C60H42. The maximum Gasteiger partial charge on any atom is -0.00259 e. The lowest BCUT2D eigenvalue weighted by Crippen LogP contribution is -2.24. The molecule has 1 aliphatic rings. The van der Waals surface area contributed by atoms with Crippen molar-refractivity contribution >= 4 is 60.8 Å². The Balaban J connectivity index is 1.22. The van der Waals surface area contributed by atoms with Crippen LogP contribution in [0.3, 0.4) is 0 Å². The summed E-state index contributed by atoms with van der Waals surface area (Å²) < 4.78 is 0. The number of aryl methyl sites for hydroxylation is 1. The van der Waals surface area contributed by atoms with E-state index in [9.17, 15) is 0 Å². The highest BCUT2D eigenvalue weighted by Crippen LogP contribution is 2.47. The van der Waals surface area contributed by atoms with Crippen LogP contribution in [0.4, 0.5) is 0 Å². The first-order valence-corrected chi connectivity index (χ1v) is 20.9. The third kappa shape index (κ3) is 5.92. The Morgan fingerprint density at radius 1 is 0.433 bits per heavy atom. The van der Waals surface area contributed by atoms with Crippen molar-refractivity contribution in [3.05, 3.63) is 246 Å². The third-order valence-corrected chi connectivity index (χ3v) is 12.6. The van der Waals surface area contributed by atoms with Crippen molar-refractivity contribution in [1.82, 2.24) is 0 Å². The minimum absolute atomic E-state index is 0.988. The molecule has 0 aliphatic heterocycles. The van der Waals surface area contributed by atoms with E-state index in [0.717, 1.165) is 34.4 Å².